The molecule has 2 N–H and O–H groups in total. The van der Waals surface area contributed by atoms with Gasteiger partial charge in [-0.2, -0.15) is 5.06 Å². The molecule has 2 saturated heterocycles. The normalized spacial score (nSPS) is 30.7. The number of hydrogen-bond donors (Lipinski definition) is 2. The van der Waals surface area contributed by atoms with Gasteiger partial charge in [0.05, 0.1) is 33.9 Å². The van der Waals surface area contributed by atoms with Crippen LogP contribution in [-0.2, 0) is 19.2 Å². The maximum Gasteiger partial charge on any atom is 0.573 e. The van der Waals surface area contributed by atoms with E-state index >= 15 is 0 Å². The molecule has 2 aromatic rings. The molecule has 220 valence electrons. The van der Waals surface area contributed by atoms with Gasteiger partial charge in [0.1, 0.15) is 17.3 Å². The SMILES string of the molecule is CC12C(=O)N(c3ccc(F)c(Cl)c3)C(=O)C1CC1C(=CCC3C(=O)N(O)C(=O)C31)C2c1cc(OC(F)(F)F)ccc1O. The molecule has 2 aliphatic heterocycles. The Morgan fingerprint density at radius 2 is 1.74 bits per heavy atom. The summed E-state index contributed by atoms with van der Waals surface area (Å²) in [5.41, 5.74) is -1.58. The smallest absolute Gasteiger partial charge is 0.508 e. The summed E-state index contributed by atoms with van der Waals surface area (Å²) in [6, 6.07) is 5.99. The second-order valence-corrected chi connectivity index (χ2v) is 11.4. The largest absolute Gasteiger partial charge is 0.573 e. The Bertz CT molecular complexity index is 1610. The van der Waals surface area contributed by atoms with Crippen molar-refractivity contribution in [3.05, 3.63) is 64.5 Å². The molecule has 6 rings (SSSR count). The lowest BCUT2D eigenvalue weighted by atomic mass is 9.51. The van der Waals surface area contributed by atoms with E-state index in [2.05, 4.69) is 4.74 Å². The molecule has 9 nitrogen and oxygen atoms in total. The van der Waals surface area contributed by atoms with Crippen LogP contribution >= 0.6 is 11.6 Å². The number of carbonyl (C=O) groups is 4. The fourth-order valence-corrected chi connectivity index (χ4v) is 7.35. The topological polar surface area (TPSA) is 124 Å². The molecule has 6 atom stereocenters. The average molecular weight is 609 g/mol. The summed E-state index contributed by atoms with van der Waals surface area (Å²) in [6.07, 6.45) is -3.66. The highest BCUT2D eigenvalue weighted by atomic mass is 35.5. The van der Waals surface area contributed by atoms with Crippen LogP contribution in [0.25, 0.3) is 0 Å². The first-order valence-electron chi connectivity index (χ1n) is 12.8. The van der Waals surface area contributed by atoms with Gasteiger partial charge in [-0.25, -0.2) is 9.29 Å². The molecule has 3 fully saturated rings. The Kier molecular flexibility index (Phi) is 6.21. The standard InChI is InChI=1S/C28H21ClF4N2O7/c1-27-17(24(38)34(26(27)40)11-2-6-19(30)18(29)8-11)10-15-13(4-5-14-21(15)25(39)35(41)23(14)37)22(27)16-9-12(3-7-20(16)36)42-28(31,32)33/h2-4,6-9,14-15,17,21-22,36,41H,5,10H2,1H3. The van der Waals surface area contributed by atoms with Gasteiger partial charge in [0, 0.05) is 11.5 Å². The Balaban J connectivity index is 1.55. The van der Waals surface area contributed by atoms with E-state index in [1.807, 2.05) is 0 Å². The third kappa shape index (κ3) is 3.93. The molecular weight excluding hydrogens is 588 g/mol. The van der Waals surface area contributed by atoms with Crippen LogP contribution in [0.2, 0.25) is 5.02 Å². The Morgan fingerprint density at radius 1 is 1.02 bits per heavy atom. The van der Waals surface area contributed by atoms with E-state index in [1.54, 1.807) is 6.08 Å². The lowest BCUT2D eigenvalue weighted by Crippen LogP contribution is -2.48. The van der Waals surface area contributed by atoms with Gasteiger partial charge in [-0.3, -0.25) is 24.4 Å². The van der Waals surface area contributed by atoms with Crippen LogP contribution in [0.15, 0.2) is 48.0 Å². The van der Waals surface area contributed by atoms with Crippen LogP contribution < -0.4 is 9.64 Å². The summed E-state index contributed by atoms with van der Waals surface area (Å²) in [4.78, 5) is 54.6. The molecule has 42 heavy (non-hydrogen) atoms. The van der Waals surface area contributed by atoms with Gasteiger partial charge in [0.25, 0.3) is 11.8 Å². The first-order chi connectivity index (χ1) is 19.6. The molecule has 2 aliphatic carbocycles. The summed E-state index contributed by atoms with van der Waals surface area (Å²) < 4.78 is 57.3. The van der Waals surface area contributed by atoms with Crippen molar-refractivity contribution in [1.29, 1.82) is 0 Å². The third-order valence-corrected chi connectivity index (χ3v) is 9.25. The van der Waals surface area contributed by atoms with E-state index in [1.165, 1.54) is 13.0 Å². The summed E-state index contributed by atoms with van der Waals surface area (Å²) in [7, 11) is 0. The van der Waals surface area contributed by atoms with Gasteiger partial charge in [-0.15, -0.1) is 13.2 Å². The molecule has 4 amide bonds. The number of fused-ring (bicyclic) bond motifs is 4. The number of imide groups is 2. The molecular formula is C28H21ClF4N2O7. The van der Waals surface area contributed by atoms with Crippen molar-refractivity contribution >= 4 is 40.9 Å². The maximum atomic E-state index is 14.2. The maximum absolute atomic E-state index is 14.2. The monoisotopic (exact) mass is 608 g/mol. The van der Waals surface area contributed by atoms with Crippen LogP contribution in [0.5, 0.6) is 11.5 Å². The van der Waals surface area contributed by atoms with Gasteiger partial charge in [0.2, 0.25) is 11.8 Å². The first-order valence-corrected chi connectivity index (χ1v) is 13.2. The fourth-order valence-electron chi connectivity index (χ4n) is 7.17. The zero-order valence-electron chi connectivity index (χ0n) is 21.6. The highest BCUT2D eigenvalue weighted by Gasteiger charge is 2.68. The van der Waals surface area contributed by atoms with Gasteiger partial charge >= 0.3 is 6.36 Å². The minimum atomic E-state index is -5.08. The number of carbonyl (C=O) groups excluding carboxylic acids is 4. The lowest BCUT2D eigenvalue weighted by Gasteiger charge is -2.49. The highest BCUT2D eigenvalue weighted by Crippen LogP contribution is 2.64. The van der Waals surface area contributed by atoms with Crippen molar-refractivity contribution in [2.24, 2.45) is 29.1 Å². The van der Waals surface area contributed by atoms with Crippen molar-refractivity contribution in [2.75, 3.05) is 4.90 Å². The van der Waals surface area contributed by atoms with Gasteiger partial charge < -0.3 is 9.84 Å². The summed E-state index contributed by atoms with van der Waals surface area (Å²) >= 11 is 5.92. The van der Waals surface area contributed by atoms with Gasteiger partial charge in [0.15, 0.2) is 0 Å². The number of alkyl halides is 3. The number of halogens is 5. The second-order valence-electron chi connectivity index (χ2n) is 11.0. The van der Waals surface area contributed by atoms with Gasteiger partial charge in [-0.1, -0.05) is 23.3 Å². The van der Waals surface area contributed by atoms with Crippen molar-refractivity contribution in [3.63, 3.8) is 0 Å². The number of aromatic hydroxyl groups is 1. The number of amides is 4. The predicted octanol–water partition coefficient (Wildman–Crippen LogP) is 4.70. The molecule has 0 bridgehead atoms. The summed E-state index contributed by atoms with van der Waals surface area (Å²) in [5, 5.41) is 20.7. The average Bonchev–Trinajstić information content (AvgIpc) is 3.26. The predicted molar refractivity (Wildman–Crippen MR) is 134 cm³/mol. The van der Waals surface area contributed by atoms with Crippen molar-refractivity contribution in [1.82, 2.24) is 5.06 Å². The van der Waals surface area contributed by atoms with Crippen molar-refractivity contribution in [2.45, 2.75) is 32.0 Å². The van der Waals surface area contributed by atoms with E-state index in [0.29, 0.717) is 5.57 Å². The number of rotatable bonds is 3. The molecule has 4 aliphatic rings. The summed E-state index contributed by atoms with van der Waals surface area (Å²) in [6.45, 7) is 1.44. The molecule has 1 saturated carbocycles. The Morgan fingerprint density at radius 3 is 2.40 bits per heavy atom. The fraction of sp³-hybridized carbons (Fsp3) is 0.357. The van der Waals surface area contributed by atoms with E-state index in [4.69, 9.17) is 11.6 Å². The molecule has 0 spiro atoms. The minimum Gasteiger partial charge on any atom is -0.508 e. The number of benzene rings is 2. The summed E-state index contributed by atoms with van der Waals surface area (Å²) in [5.74, 6) is -10.6. The number of phenols is 1. The van der Waals surface area contributed by atoms with Crippen LogP contribution in [0.4, 0.5) is 23.2 Å². The third-order valence-electron chi connectivity index (χ3n) is 8.96. The molecule has 6 unspecified atom stereocenters. The van der Waals surface area contributed by atoms with Crippen LogP contribution in [0, 0.1) is 34.9 Å². The van der Waals surface area contributed by atoms with Crippen LogP contribution in [0.1, 0.15) is 31.2 Å². The number of hydrogen-bond acceptors (Lipinski definition) is 7. The molecule has 2 aromatic carbocycles. The highest BCUT2D eigenvalue weighted by molar-refractivity contribution is 6.31. The number of anilines is 1. The second kappa shape index (κ2) is 9.27. The Hall–Kier alpha value is -3.97. The number of hydroxylamine groups is 2. The molecule has 0 radical (unpaired) electrons. The van der Waals surface area contributed by atoms with Crippen LogP contribution in [0.3, 0.4) is 0 Å². The lowest BCUT2D eigenvalue weighted by molar-refractivity contribution is -0.274. The number of ether oxygens (including phenoxy) is 1. The molecule has 14 heteroatoms. The minimum absolute atomic E-state index is 0.0264. The Labute approximate surface area is 239 Å². The zero-order valence-corrected chi connectivity index (χ0v) is 22.3. The van der Waals surface area contributed by atoms with Crippen molar-refractivity contribution < 1.29 is 51.8 Å². The quantitative estimate of drug-likeness (QED) is 0.224. The van der Waals surface area contributed by atoms with E-state index < -0.39 is 82.3 Å². The van der Waals surface area contributed by atoms with Crippen LogP contribution in [-0.4, -0.2) is 45.4 Å². The van der Waals surface area contributed by atoms with E-state index in [9.17, 15) is 47.1 Å². The van der Waals surface area contributed by atoms with Gasteiger partial charge in [-0.05, 0) is 62.1 Å². The molecule has 2 heterocycles. The van der Waals surface area contributed by atoms with E-state index in [0.717, 1.165) is 35.2 Å². The first kappa shape index (κ1) is 28.2. The number of nitrogens with zero attached hydrogens (tertiary/aromatic N) is 2. The number of allylic oxidation sites excluding steroid dienone is 2. The van der Waals surface area contributed by atoms with E-state index in [-0.39, 0.29) is 34.2 Å². The molecule has 0 aromatic heterocycles. The van der Waals surface area contributed by atoms with Crippen molar-refractivity contribution in [3.8, 4) is 11.5 Å². The zero-order chi connectivity index (χ0) is 30.5. The number of phenolic OH excluding ortho intramolecular Hbond substituents is 1.